The number of rotatable bonds is 8. The van der Waals surface area contributed by atoms with E-state index < -0.39 is 0 Å². The fraction of sp³-hybridized carbons (Fsp3) is 0.500. The zero-order valence-electron chi connectivity index (χ0n) is 11.8. The van der Waals surface area contributed by atoms with Crippen LogP contribution in [0.5, 0.6) is 0 Å². The molecule has 0 atom stereocenters. The van der Waals surface area contributed by atoms with Gasteiger partial charge in [-0.2, -0.15) is 0 Å². The van der Waals surface area contributed by atoms with E-state index in [1.54, 1.807) is 6.92 Å². The molecule has 3 nitrogen and oxygen atoms in total. The maximum atomic E-state index is 11.9. The third kappa shape index (κ3) is 6.18. The van der Waals surface area contributed by atoms with Crippen molar-refractivity contribution in [3.63, 3.8) is 0 Å². The van der Waals surface area contributed by atoms with Gasteiger partial charge in [-0.15, -0.1) is 0 Å². The molecule has 0 N–H and O–H groups in total. The van der Waals surface area contributed by atoms with Gasteiger partial charge in [-0.05, 0) is 26.7 Å². The van der Waals surface area contributed by atoms with Crippen molar-refractivity contribution < 1.29 is 14.3 Å². The first-order valence-corrected chi connectivity index (χ1v) is 6.89. The van der Waals surface area contributed by atoms with Crippen LogP contribution in [0.25, 0.3) is 0 Å². The van der Waals surface area contributed by atoms with Gasteiger partial charge < -0.3 is 4.74 Å². The summed E-state index contributed by atoms with van der Waals surface area (Å²) >= 11 is 0. The summed E-state index contributed by atoms with van der Waals surface area (Å²) in [4.78, 5) is 23.0. The molecule has 0 aliphatic heterocycles. The minimum Gasteiger partial charge on any atom is -0.466 e. The van der Waals surface area contributed by atoms with Crippen LogP contribution < -0.4 is 0 Å². The molecule has 0 bridgehead atoms. The molecule has 0 heterocycles. The second-order valence-electron chi connectivity index (χ2n) is 4.65. The number of hydrogen-bond acceptors (Lipinski definition) is 3. The van der Waals surface area contributed by atoms with E-state index in [0.29, 0.717) is 19.4 Å². The Morgan fingerprint density at radius 2 is 1.63 bits per heavy atom. The number of esters is 1. The maximum Gasteiger partial charge on any atom is 0.305 e. The Hall–Kier alpha value is -1.64. The molecule has 0 aliphatic carbocycles. The lowest BCUT2D eigenvalue weighted by molar-refractivity contribution is -0.143. The molecule has 1 aromatic carbocycles. The van der Waals surface area contributed by atoms with Crippen LogP contribution in [0.4, 0.5) is 0 Å². The Morgan fingerprint density at radius 1 is 1.00 bits per heavy atom. The number of unbranched alkanes of at least 4 members (excludes halogenated alkanes) is 2. The molecule has 3 heteroatoms. The third-order valence-electron chi connectivity index (χ3n) is 2.96. The predicted octanol–water partition coefficient (Wildman–Crippen LogP) is 3.69. The van der Waals surface area contributed by atoms with Gasteiger partial charge in [0, 0.05) is 18.4 Å². The van der Waals surface area contributed by atoms with Gasteiger partial charge in [-0.1, -0.05) is 36.2 Å². The van der Waals surface area contributed by atoms with E-state index in [1.807, 2.05) is 31.2 Å². The monoisotopic (exact) mass is 262 g/mol. The number of benzene rings is 1. The lowest BCUT2D eigenvalue weighted by Gasteiger charge is -2.03. The molecule has 1 rings (SSSR count). The van der Waals surface area contributed by atoms with E-state index in [0.717, 1.165) is 30.4 Å². The number of carbonyl (C=O) groups is 2. The average Bonchev–Trinajstić information content (AvgIpc) is 2.39. The van der Waals surface area contributed by atoms with E-state index in [1.165, 1.54) is 0 Å². The number of ketones is 1. The van der Waals surface area contributed by atoms with Gasteiger partial charge in [-0.3, -0.25) is 9.59 Å². The molecule has 104 valence electrons. The van der Waals surface area contributed by atoms with E-state index >= 15 is 0 Å². The first kappa shape index (κ1) is 15.4. The van der Waals surface area contributed by atoms with Gasteiger partial charge in [0.2, 0.25) is 0 Å². The van der Waals surface area contributed by atoms with E-state index in [2.05, 4.69) is 0 Å². The molecule has 0 aromatic heterocycles. The maximum absolute atomic E-state index is 11.9. The summed E-state index contributed by atoms with van der Waals surface area (Å²) in [7, 11) is 0. The standard InChI is InChI=1S/C16H22O3/c1-3-19-16(18)8-6-4-5-7-15(17)14-11-9-13(2)10-12-14/h9-12H,3-8H2,1-2H3. The smallest absolute Gasteiger partial charge is 0.305 e. The third-order valence-corrected chi connectivity index (χ3v) is 2.96. The molecular formula is C16H22O3. The van der Waals surface area contributed by atoms with Crippen LogP contribution in [0.3, 0.4) is 0 Å². The Morgan fingerprint density at radius 3 is 2.26 bits per heavy atom. The molecule has 1 aromatic rings. The van der Waals surface area contributed by atoms with Gasteiger partial charge in [0.25, 0.3) is 0 Å². The van der Waals surface area contributed by atoms with Gasteiger partial charge in [0.05, 0.1) is 6.61 Å². The Kier molecular flexibility index (Phi) is 6.86. The second-order valence-corrected chi connectivity index (χ2v) is 4.65. The fourth-order valence-electron chi connectivity index (χ4n) is 1.85. The highest BCUT2D eigenvalue weighted by Gasteiger charge is 2.06. The number of carbonyl (C=O) groups excluding carboxylic acids is 2. The predicted molar refractivity (Wildman–Crippen MR) is 75.2 cm³/mol. The first-order chi connectivity index (χ1) is 9.13. The van der Waals surface area contributed by atoms with Crippen molar-refractivity contribution in [3.05, 3.63) is 35.4 Å². The van der Waals surface area contributed by atoms with Gasteiger partial charge in [0.15, 0.2) is 5.78 Å². The van der Waals surface area contributed by atoms with Crippen LogP contribution in [0.2, 0.25) is 0 Å². The van der Waals surface area contributed by atoms with Gasteiger partial charge in [-0.25, -0.2) is 0 Å². The van der Waals surface area contributed by atoms with Crippen LogP contribution in [0.1, 0.15) is 54.9 Å². The van der Waals surface area contributed by atoms with Crippen molar-refractivity contribution in [1.82, 2.24) is 0 Å². The highest BCUT2D eigenvalue weighted by molar-refractivity contribution is 5.96. The van der Waals surface area contributed by atoms with Crippen LogP contribution in [0, 0.1) is 6.92 Å². The average molecular weight is 262 g/mol. The topological polar surface area (TPSA) is 43.4 Å². The summed E-state index contributed by atoms with van der Waals surface area (Å²) in [6, 6.07) is 7.65. The van der Waals surface area contributed by atoms with Crippen molar-refractivity contribution in [2.45, 2.75) is 46.0 Å². The molecule has 0 spiro atoms. The molecule has 19 heavy (non-hydrogen) atoms. The largest absolute Gasteiger partial charge is 0.466 e. The summed E-state index contributed by atoms with van der Waals surface area (Å²) in [5.74, 6) is 0.0310. The lowest BCUT2D eigenvalue weighted by Crippen LogP contribution is -2.03. The lowest BCUT2D eigenvalue weighted by atomic mass is 10.0. The molecule has 0 saturated carbocycles. The van der Waals surface area contributed by atoms with E-state index in [-0.39, 0.29) is 11.8 Å². The van der Waals surface area contributed by atoms with Crippen molar-refractivity contribution in [3.8, 4) is 0 Å². The minimum atomic E-state index is -0.146. The summed E-state index contributed by atoms with van der Waals surface area (Å²) in [6.07, 6.45) is 3.50. The first-order valence-electron chi connectivity index (χ1n) is 6.89. The number of Topliss-reactive ketones (excluding diaryl/α,β-unsaturated/α-hetero) is 1. The highest BCUT2D eigenvalue weighted by Crippen LogP contribution is 2.10. The normalized spacial score (nSPS) is 10.2. The van der Waals surface area contributed by atoms with Crippen molar-refractivity contribution in [1.29, 1.82) is 0 Å². The molecule has 0 saturated heterocycles. The Labute approximate surface area is 115 Å². The summed E-state index contributed by atoms with van der Waals surface area (Å²) in [5.41, 5.74) is 1.93. The number of hydrogen-bond donors (Lipinski definition) is 0. The van der Waals surface area contributed by atoms with Crippen molar-refractivity contribution in [2.75, 3.05) is 6.61 Å². The van der Waals surface area contributed by atoms with E-state index in [4.69, 9.17) is 4.74 Å². The van der Waals surface area contributed by atoms with Crippen LogP contribution in [0.15, 0.2) is 24.3 Å². The van der Waals surface area contributed by atoms with E-state index in [9.17, 15) is 9.59 Å². The molecular weight excluding hydrogens is 240 g/mol. The molecule has 0 aliphatic rings. The zero-order valence-corrected chi connectivity index (χ0v) is 11.8. The molecule has 0 radical (unpaired) electrons. The molecule has 0 amide bonds. The number of ether oxygens (including phenoxy) is 1. The Balaban J connectivity index is 2.17. The quantitative estimate of drug-likeness (QED) is 0.407. The van der Waals surface area contributed by atoms with Gasteiger partial charge in [0.1, 0.15) is 0 Å². The minimum absolute atomic E-state index is 0.146. The van der Waals surface area contributed by atoms with Crippen LogP contribution >= 0.6 is 0 Å². The zero-order chi connectivity index (χ0) is 14.1. The van der Waals surface area contributed by atoms with Crippen LogP contribution in [-0.2, 0) is 9.53 Å². The molecule has 0 unspecified atom stereocenters. The highest BCUT2D eigenvalue weighted by atomic mass is 16.5. The molecule has 0 fully saturated rings. The Bertz CT molecular complexity index is 407. The SMILES string of the molecule is CCOC(=O)CCCCCC(=O)c1ccc(C)cc1. The van der Waals surface area contributed by atoms with Crippen molar-refractivity contribution >= 4 is 11.8 Å². The summed E-state index contributed by atoms with van der Waals surface area (Å²) in [5, 5.41) is 0. The number of aryl methyl sites for hydroxylation is 1. The summed E-state index contributed by atoms with van der Waals surface area (Å²) in [6.45, 7) is 4.24. The van der Waals surface area contributed by atoms with Crippen LogP contribution in [-0.4, -0.2) is 18.4 Å². The second kappa shape index (κ2) is 8.46. The van der Waals surface area contributed by atoms with Gasteiger partial charge >= 0.3 is 5.97 Å². The fourth-order valence-corrected chi connectivity index (χ4v) is 1.85. The summed E-state index contributed by atoms with van der Waals surface area (Å²) < 4.78 is 4.84. The van der Waals surface area contributed by atoms with Crippen molar-refractivity contribution in [2.24, 2.45) is 0 Å².